The molecule has 0 aliphatic heterocycles. The van der Waals surface area contributed by atoms with Crippen molar-refractivity contribution in [3.8, 4) is 0 Å². The van der Waals surface area contributed by atoms with Crippen LogP contribution in [0.15, 0.2) is 0 Å². The number of carboxylic acid groups (broad SMARTS) is 1. The monoisotopic (exact) mass is 194 g/mol. The van der Waals surface area contributed by atoms with E-state index >= 15 is 0 Å². The molecule has 0 heterocycles. The maximum atomic E-state index is 11.7. The summed E-state index contributed by atoms with van der Waals surface area (Å²) in [6.45, 7) is 0. The molecule has 0 saturated heterocycles. The maximum Gasteiger partial charge on any atom is 0.313 e. The van der Waals surface area contributed by atoms with E-state index in [-0.39, 0.29) is 11.9 Å². The summed E-state index contributed by atoms with van der Waals surface area (Å²) < 4.78 is 4.77. The third-order valence-corrected chi connectivity index (χ3v) is 5.33. The van der Waals surface area contributed by atoms with E-state index in [1.165, 1.54) is 7.11 Å². The summed E-state index contributed by atoms with van der Waals surface area (Å²) in [5.41, 5.74) is -1.27. The van der Waals surface area contributed by atoms with Gasteiger partial charge >= 0.3 is 11.9 Å². The van der Waals surface area contributed by atoms with Crippen LogP contribution in [0.4, 0.5) is 0 Å². The van der Waals surface area contributed by atoms with Crippen LogP contribution in [0.2, 0.25) is 0 Å². The topological polar surface area (TPSA) is 63.6 Å². The van der Waals surface area contributed by atoms with Crippen LogP contribution in [0.3, 0.4) is 0 Å². The summed E-state index contributed by atoms with van der Waals surface area (Å²) in [5, 5.41) is 9.23. The zero-order valence-corrected chi connectivity index (χ0v) is 7.69. The highest BCUT2D eigenvalue weighted by atomic mass is 16.5. The molecule has 5 rings (SSSR count). The number of esters is 1. The molecule has 5 saturated carbocycles. The van der Waals surface area contributed by atoms with E-state index in [0.29, 0.717) is 17.8 Å². The second kappa shape index (κ2) is 1.49. The van der Waals surface area contributed by atoms with Crippen molar-refractivity contribution < 1.29 is 19.4 Å². The van der Waals surface area contributed by atoms with Gasteiger partial charge in [0.25, 0.3) is 0 Å². The average Bonchev–Trinajstić information content (AvgIpc) is 2.77. The van der Waals surface area contributed by atoms with Crippen molar-refractivity contribution in [3.05, 3.63) is 0 Å². The van der Waals surface area contributed by atoms with Crippen LogP contribution in [0.25, 0.3) is 0 Å². The van der Waals surface area contributed by atoms with Gasteiger partial charge < -0.3 is 9.84 Å². The van der Waals surface area contributed by atoms with Gasteiger partial charge in [-0.05, 0) is 30.1 Å². The lowest BCUT2D eigenvalue weighted by molar-refractivity contribution is -0.166. The number of ether oxygens (including phenoxy) is 1. The predicted octanol–water partition coefficient (Wildman–Crippen LogP) is 0.126. The Balaban J connectivity index is 1.86. The van der Waals surface area contributed by atoms with E-state index in [9.17, 15) is 14.7 Å². The molecule has 1 N–H and O–H groups in total. The fourth-order valence-corrected chi connectivity index (χ4v) is 5.16. The molecule has 0 spiro atoms. The second-order valence-corrected chi connectivity index (χ2v) is 5.04. The third-order valence-electron chi connectivity index (χ3n) is 5.33. The molecule has 6 unspecified atom stereocenters. The number of aliphatic carboxylic acids is 1. The van der Waals surface area contributed by atoms with Gasteiger partial charge in [0, 0.05) is 0 Å². The van der Waals surface area contributed by atoms with Gasteiger partial charge in [0.05, 0.1) is 17.9 Å². The van der Waals surface area contributed by atoms with Crippen molar-refractivity contribution in [2.75, 3.05) is 7.11 Å². The lowest BCUT2D eigenvalue weighted by Crippen LogP contribution is -2.44. The van der Waals surface area contributed by atoms with E-state index in [1.807, 2.05) is 0 Å². The number of hydrogen-bond acceptors (Lipinski definition) is 3. The van der Waals surface area contributed by atoms with Crippen LogP contribution in [0.1, 0.15) is 6.42 Å². The lowest BCUT2D eigenvalue weighted by Gasteiger charge is -2.30. The fraction of sp³-hybridized carbons (Fsp3) is 0.800. The molecule has 0 aromatic heterocycles. The predicted molar refractivity (Wildman–Crippen MR) is 43.1 cm³/mol. The van der Waals surface area contributed by atoms with Crippen molar-refractivity contribution in [1.29, 1.82) is 0 Å². The standard InChI is InChI=1S/C10H10O4/c1-14-8(13)10-4-2-3-5(6(4)10)9(3,10)7(11)12/h3-6H,2H2,1H3,(H,11,12). The summed E-state index contributed by atoms with van der Waals surface area (Å²) >= 11 is 0. The Morgan fingerprint density at radius 2 is 1.86 bits per heavy atom. The molecule has 0 radical (unpaired) electrons. The molecule has 0 amide bonds. The minimum Gasteiger partial charge on any atom is -0.481 e. The number of rotatable bonds is 2. The fourth-order valence-electron chi connectivity index (χ4n) is 5.16. The first kappa shape index (κ1) is 7.26. The Hall–Kier alpha value is -1.06. The van der Waals surface area contributed by atoms with Crippen LogP contribution in [0.5, 0.6) is 0 Å². The van der Waals surface area contributed by atoms with Crippen LogP contribution in [-0.2, 0) is 14.3 Å². The van der Waals surface area contributed by atoms with Gasteiger partial charge in [-0.2, -0.15) is 0 Å². The van der Waals surface area contributed by atoms with E-state index in [4.69, 9.17) is 4.74 Å². The van der Waals surface area contributed by atoms with Crippen LogP contribution < -0.4 is 0 Å². The molecule has 74 valence electrons. The Morgan fingerprint density at radius 3 is 2.29 bits per heavy atom. The number of carbonyl (C=O) groups excluding carboxylic acids is 1. The molecule has 4 nitrogen and oxygen atoms in total. The highest BCUT2D eigenvalue weighted by Crippen LogP contribution is 3.04. The van der Waals surface area contributed by atoms with Gasteiger partial charge in [0.1, 0.15) is 0 Å². The molecule has 2 bridgehead atoms. The van der Waals surface area contributed by atoms with Gasteiger partial charge in [0.2, 0.25) is 0 Å². The summed E-state index contributed by atoms with van der Waals surface area (Å²) in [6.07, 6.45) is 0.941. The normalized spacial score (nSPS) is 63.8. The zero-order valence-electron chi connectivity index (χ0n) is 7.69. The van der Waals surface area contributed by atoms with Gasteiger partial charge in [0.15, 0.2) is 0 Å². The van der Waals surface area contributed by atoms with E-state index in [1.54, 1.807) is 0 Å². The lowest BCUT2D eigenvalue weighted by atomic mass is 9.72. The summed E-state index contributed by atoms with van der Waals surface area (Å²) in [4.78, 5) is 22.9. The molecule has 5 aliphatic carbocycles. The summed E-state index contributed by atoms with van der Waals surface area (Å²) in [7, 11) is 1.36. The minimum absolute atomic E-state index is 0.272. The number of carboxylic acids is 1. The average molecular weight is 194 g/mol. The SMILES string of the molecule is COC(=O)C12C3CC4C(C31)C42C(=O)O. The van der Waals surface area contributed by atoms with Gasteiger partial charge in [-0.1, -0.05) is 0 Å². The number of carbonyl (C=O) groups is 2. The van der Waals surface area contributed by atoms with Gasteiger partial charge in [-0.3, -0.25) is 9.59 Å². The van der Waals surface area contributed by atoms with Crippen LogP contribution in [-0.4, -0.2) is 24.2 Å². The molecular formula is C10H10O4. The molecule has 6 atom stereocenters. The first-order chi connectivity index (χ1) is 6.65. The first-order valence-electron chi connectivity index (χ1n) is 4.97. The smallest absolute Gasteiger partial charge is 0.313 e. The maximum absolute atomic E-state index is 11.7. The highest BCUT2D eigenvalue weighted by Gasteiger charge is 3.09. The molecule has 14 heavy (non-hydrogen) atoms. The van der Waals surface area contributed by atoms with Gasteiger partial charge in [-0.15, -0.1) is 0 Å². The van der Waals surface area contributed by atoms with Crippen molar-refractivity contribution >= 4 is 11.9 Å². The van der Waals surface area contributed by atoms with Crippen LogP contribution in [0, 0.1) is 34.5 Å². The van der Waals surface area contributed by atoms with E-state index < -0.39 is 16.8 Å². The second-order valence-electron chi connectivity index (χ2n) is 5.04. The third kappa shape index (κ3) is 0.322. The van der Waals surface area contributed by atoms with Crippen molar-refractivity contribution in [2.45, 2.75) is 6.42 Å². The van der Waals surface area contributed by atoms with Crippen molar-refractivity contribution in [3.63, 3.8) is 0 Å². The minimum atomic E-state index is -0.769. The zero-order chi connectivity index (χ0) is 9.88. The Labute approximate surface area is 80.2 Å². The molecular weight excluding hydrogens is 184 g/mol. The largest absolute Gasteiger partial charge is 0.481 e. The van der Waals surface area contributed by atoms with E-state index in [2.05, 4.69) is 0 Å². The Kier molecular flexibility index (Phi) is 0.774. The molecule has 5 fully saturated rings. The molecule has 5 aliphatic rings. The van der Waals surface area contributed by atoms with Gasteiger partial charge in [-0.25, -0.2) is 0 Å². The van der Waals surface area contributed by atoms with Crippen molar-refractivity contribution in [1.82, 2.24) is 0 Å². The van der Waals surface area contributed by atoms with Crippen molar-refractivity contribution in [2.24, 2.45) is 34.5 Å². The Bertz CT molecular complexity index is 391. The molecule has 4 heteroatoms. The molecule has 0 aromatic carbocycles. The summed E-state index contributed by atoms with van der Waals surface area (Å²) in [6, 6.07) is 0. The number of methoxy groups -OCH3 is 1. The van der Waals surface area contributed by atoms with E-state index in [0.717, 1.165) is 6.42 Å². The quantitative estimate of drug-likeness (QED) is 0.634. The first-order valence-corrected chi connectivity index (χ1v) is 4.97. The van der Waals surface area contributed by atoms with Crippen LogP contribution >= 0.6 is 0 Å². The number of hydrogen-bond donors (Lipinski definition) is 1. The summed E-state index contributed by atoms with van der Waals surface area (Å²) in [5.74, 6) is 0.246. The molecule has 0 aromatic rings. The highest BCUT2D eigenvalue weighted by molar-refractivity contribution is 6.00. The Morgan fingerprint density at radius 1 is 1.29 bits per heavy atom.